The van der Waals surface area contributed by atoms with Crippen molar-refractivity contribution in [2.75, 3.05) is 31.0 Å². The zero-order valence-corrected chi connectivity index (χ0v) is 20.7. The summed E-state index contributed by atoms with van der Waals surface area (Å²) in [6, 6.07) is 22.7. The van der Waals surface area contributed by atoms with Gasteiger partial charge in [-0.2, -0.15) is 0 Å². The van der Waals surface area contributed by atoms with E-state index in [0.717, 1.165) is 30.8 Å². The van der Waals surface area contributed by atoms with Crippen LogP contribution in [0.1, 0.15) is 16.7 Å². The second kappa shape index (κ2) is 11.1. The third-order valence-electron chi connectivity index (χ3n) is 5.47. The number of rotatable bonds is 7. The molecule has 0 unspecified atom stereocenters. The Morgan fingerprint density at radius 2 is 1.69 bits per heavy atom. The summed E-state index contributed by atoms with van der Waals surface area (Å²) in [5.74, 6) is 1.66. The monoisotopic (exact) mass is 544 g/mol. The smallest absolute Gasteiger partial charge is 0.193 e. The second-order valence-corrected chi connectivity index (χ2v) is 7.51. The van der Waals surface area contributed by atoms with Gasteiger partial charge >= 0.3 is 0 Å². The minimum atomic E-state index is 0. The molecule has 3 aromatic rings. The zero-order valence-electron chi connectivity index (χ0n) is 18.4. The van der Waals surface area contributed by atoms with Crippen molar-refractivity contribution in [1.82, 2.24) is 0 Å². The molecule has 0 atom stereocenters. The van der Waals surface area contributed by atoms with E-state index in [0.29, 0.717) is 24.0 Å². The molecule has 32 heavy (non-hydrogen) atoms. The molecule has 0 bridgehead atoms. The van der Waals surface area contributed by atoms with Crippen LogP contribution in [-0.2, 0) is 19.5 Å². The number of hydrogen-bond acceptors (Lipinski definition) is 4. The Bertz CT molecular complexity index is 1070. The maximum absolute atomic E-state index is 6.06. The van der Waals surface area contributed by atoms with E-state index in [-0.39, 0.29) is 24.0 Å². The maximum atomic E-state index is 6.06. The lowest BCUT2D eigenvalue weighted by atomic mass is 10.1. The van der Waals surface area contributed by atoms with Gasteiger partial charge in [-0.1, -0.05) is 42.5 Å². The topological polar surface area (TPSA) is 72.1 Å². The Morgan fingerprint density at radius 3 is 2.44 bits per heavy atom. The highest BCUT2D eigenvalue weighted by atomic mass is 127. The van der Waals surface area contributed by atoms with Crippen molar-refractivity contribution >= 4 is 41.3 Å². The highest BCUT2D eigenvalue weighted by Gasteiger charge is 2.18. The van der Waals surface area contributed by atoms with E-state index in [2.05, 4.69) is 63.7 Å². The number of guanidine groups is 1. The first-order valence-corrected chi connectivity index (χ1v) is 10.4. The molecule has 7 heteroatoms. The second-order valence-electron chi connectivity index (χ2n) is 7.51. The largest absolute Gasteiger partial charge is 0.493 e. The van der Waals surface area contributed by atoms with Crippen LogP contribution in [0.5, 0.6) is 11.5 Å². The number of aliphatic imine (C=N–C) groups is 1. The Balaban J connectivity index is 0.00000289. The van der Waals surface area contributed by atoms with Gasteiger partial charge in [-0.15, -0.1) is 24.0 Å². The van der Waals surface area contributed by atoms with E-state index in [9.17, 15) is 0 Å². The Kier molecular flexibility index (Phi) is 8.21. The van der Waals surface area contributed by atoms with Crippen LogP contribution in [0, 0.1) is 0 Å². The van der Waals surface area contributed by atoms with Crippen LogP contribution in [0.4, 0.5) is 11.4 Å². The molecule has 168 valence electrons. The molecule has 0 radical (unpaired) electrons. The predicted molar refractivity (Wildman–Crippen MR) is 142 cm³/mol. The number of nitrogens with zero attached hydrogens (tertiary/aromatic N) is 2. The van der Waals surface area contributed by atoms with Crippen LogP contribution in [0.2, 0.25) is 0 Å². The predicted octanol–water partition coefficient (Wildman–Crippen LogP) is 4.81. The molecule has 0 saturated heterocycles. The summed E-state index contributed by atoms with van der Waals surface area (Å²) in [7, 11) is 3.21. The molecule has 3 N–H and O–H groups in total. The van der Waals surface area contributed by atoms with E-state index >= 15 is 0 Å². The number of anilines is 2. The summed E-state index contributed by atoms with van der Waals surface area (Å²) < 4.78 is 10.6. The molecule has 0 saturated carbocycles. The van der Waals surface area contributed by atoms with Crippen LogP contribution in [0.15, 0.2) is 71.7 Å². The molecule has 1 aliphatic heterocycles. The van der Waals surface area contributed by atoms with Crippen LogP contribution in [0.3, 0.4) is 0 Å². The average Bonchev–Trinajstić information content (AvgIpc) is 3.21. The minimum absolute atomic E-state index is 0. The van der Waals surface area contributed by atoms with Gasteiger partial charge in [0.25, 0.3) is 0 Å². The Hall–Kier alpha value is -2.94. The first kappa shape index (κ1) is 23.7. The van der Waals surface area contributed by atoms with Crippen LogP contribution >= 0.6 is 24.0 Å². The molecule has 0 spiro atoms. The fourth-order valence-corrected chi connectivity index (χ4v) is 3.82. The maximum Gasteiger partial charge on any atom is 0.193 e. The van der Waals surface area contributed by atoms with Gasteiger partial charge in [0.05, 0.1) is 20.8 Å². The molecular formula is C25H29IN4O2. The van der Waals surface area contributed by atoms with Gasteiger partial charge in [0.2, 0.25) is 0 Å². The van der Waals surface area contributed by atoms with E-state index in [1.807, 2.05) is 18.2 Å². The lowest BCUT2D eigenvalue weighted by molar-refractivity contribution is 0.355. The third kappa shape index (κ3) is 5.64. The first-order chi connectivity index (χ1) is 15.2. The van der Waals surface area contributed by atoms with Gasteiger partial charge < -0.3 is 25.4 Å². The van der Waals surface area contributed by atoms with Crippen LogP contribution in [-0.4, -0.2) is 26.7 Å². The van der Waals surface area contributed by atoms with Crippen molar-refractivity contribution in [3.8, 4) is 11.5 Å². The lowest BCUT2D eigenvalue weighted by Crippen LogP contribution is -2.22. The van der Waals surface area contributed by atoms with Crippen LogP contribution < -0.4 is 25.4 Å². The molecule has 0 aromatic heterocycles. The van der Waals surface area contributed by atoms with Crippen molar-refractivity contribution < 1.29 is 9.47 Å². The van der Waals surface area contributed by atoms with Gasteiger partial charge in [0.15, 0.2) is 17.5 Å². The number of hydrogen-bond donors (Lipinski definition) is 2. The third-order valence-corrected chi connectivity index (χ3v) is 5.47. The number of halogens is 1. The highest BCUT2D eigenvalue weighted by Crippen LogP contribution is 2.30. The first-order valence-electron chi connectivity index (χ1n) is 10.4. The van der Waals surface area contributed by atoms with E-state index in [4.69, 9.17) is 15.2 Å². The number of benzene rings is 3. The molecule has 0 fully saturated rings. The van der Waals surface area contributed by atoms with Crippen molar-refractivity contribution in [2.45, 2.75) is 19.5 Å². The van der Waals surface area contributed by atoms with Gasteiger partial charge in [0, 0.05) is 30.5 Å². The van der Waals surface area contributed by atoms with Gasteiger partial charge in [-0.25, -0.2) is 4.99 Å². The fourth-order valence-electron chi connectivity index (χ4n) is 3.82. The molecule has 0 aliphatic carbocycles. The number of nitrogens with two attached hydrogens (primary N) is 1. The van der Waals surface area contributed by atoms with Crippen molar-refractivity contribution in [1.29, 1.82) is 0 Å². The highest BCUT2D eigenvalue weighted by molar-refractivity contribution is 14.0. The summed E-state index contributed by atoms with van der Waals surface area (Å²) in [6.45, 7) is 2.51. The SMILES string of the molecule is COc1ccc(NC(N)=NCc2ccc(CN3CCc4ccccc43)cc2)cc1OC.I. The van der Waals surface area contributed by atoms with Crippen molar-refractivity contribution in [2.24, 2.45) is 10.7 Å². The van der Waals surface area contributed by atoms with Crippen LogP contribution in [0.25, 0.3) is 0 Å². The van der Waals surface area contributed by atoms with Crippen molar-refractivity contribution in [3.05, 3.63) is 83.4 Å². The van der Waals surface area contributed by atoms with E-state index in [1.54, 1.807) is 14.2 Å². The summed E-state index contributed by atoms with van der Waals surface area (Å²) in [5.41, 5.74) is 12.0. The molecular weight excluding hydrogens is 515 g/mol. The Labute approximate surface area is 206 Å². The molecule has 1 aliphatic rings. The number of para-hydroxylation sites is 1. The zero-order chi connectivity index (χ0) is 21.6. The number of nitrogens with one attached hydrogen (secondary N) is 1. The van der Waals surface area contributed by atoms with Gasteiger partial charge in [-0.3, -0.25) is 0 Å². The number of methoxy groups -OCH3 is 2. The van der Waals surface area contributed by atoms with Gasteiger partial charge in [0.1, 0.15) is 0 Å². The molecule has 6 nitrogen and oxygen atoms in total. The lowest BCUT2D eigenvalue weighted by Gasteiger charge is -2.19. The standard InChI is InChI=1S/C25H28N4O2.HI/c1-30-23-12-11-21(15-24(23)31-2)28-25(26)27-16-18-7-9-19(10-8-18)17-29-14-13-20-5-3-4-6-22(20)29;/h3-12,15H,13-14,16-17H2,1-2H3,(H3,26,27,28);1H. The van der Waals surface area contributed by atoms with E-state index in [1.165, 1.54) is 16.8 Å². The summed E-state index contributed by atoms with van der Waals surface area (Å²) in [4.78, 5) is 6.89. The summed E-state index contributed by atoms with van der Waals surface area (Å²) in [6.07, 6.45) is 1.12. The van der Waals surface area contributed by atoms with Crippen molar-refractivity contribution in [3.63, 3.8) is 0 Å². The fraction of sp³-hybridized carbons (Fsp3) is 0.240. The average molecular weight is 544 g/mol. The summed E-state index contributed by atoms with van der Waals surface area (Å²) in [5, 5.41) is 3.09. The summed E-state index contributed by atoms with van der Waals surface area (Å²) >= 11 is 0. The van der Waals surface area contributed by atoms with E-state index < -0.39 is 0 Å². The van der Waals surface area contributed by atoms with Gasteiger partial charge in [-0.05, 0) is 41.3 Å². The molecule has 3 aromatic carbocycles. The Morgan fingerprint density at radius 1 is 0.969 bits per heavy atom. The minimum Gasteiger partial charge on any atom is -0.493 e. The normalized spacial score (nSPS) is 12.7. The number of fused-ring (bicyclic) bond motifs is 1. The number of ether oxygens (including phenoxy) is 2. The quantitative estimate of drug-likeness (QED) is 0.254. The molecule has 0 amide bonds. The molecule has 4 rings (SSSR count). The molecule has 1 heterocycles.